The van der Waals surface area contributed by atoms with Gasteiger partial charge in [-0.15, -0.1) is 0 Å². The summed E-state index contributed by atoms with van der Waals surface area (Å²) in [5.74, 6) is 2.12. The Bertz CT molecular complexity index is 910. The van der Waals surface area contributed by atoms with Crippen LogP contribution in [0.5, 0.6) is 0 Å². The van der Waals surface area contributed by atoms with E-state index < -0.39 is 0 Å². The standard InChI is InChI=1S/C17H18N8O/c1-11(26)25-6-4-13-14(9-25)22-16(12-3-2-5-18-7-12)23-17(13)19-8-15-20-10-21-24-15/h2-3,5,7,10H,4,6,8-9H2,1H3,(H,19,22,23)(H,20,21,24). The third kappa shape index (κ3) is 3.23. The molecule has 132 valence electrons. The van der Waals surface area contributed by atoms with Crippen molar-refractivity contribution in [3.8, 4) is 11.4 Å². The lowest BCUT2D eigenvalue weighted by atomic mass is 10.0. The minimum atomic E-state index is 0.0494. The van der Waals surface area contributed by atoms with Crippen LogP contribution in [0.15, 0.2) is 30.9 Å². The Morgan fingerprint density at radius 3 is 3.04 bits per heavy atom. The average Bonchev–Trinajstić information content (AvgIpc) is 3.19. The summed E-state index contributed by atoms with van der Waals surface area (Å²) in [6.07, 6.45) is 5.62. The quantitative estimate of drug-likeness (QED) is 0.726. The Labute approximate surface area is 149 Å². The van der Waals surface area contributed by atoms with E-state index in [0.717, 1.165) is 28.5 Å². The summed E-state index contributed by atoms with van der Waals surface area (Å²) < 4.78 is 0. The number of anilines is 1. The molecule has 0 spiro atoms. The predicted octanol–water partition coefficient (Wildman–Crippen LogP) is 1.17. The van der Waals surface area contributed by atoms with Crippen LogP contribution in [0.4, 0.5) is 5.82 Å². The molecule has 9 nitrogen and oxygen atoms in total. The molecule has 0 bridgehead atoms. The molecule has 0 saturated heterocycles. The van der Waals surface area contributed by atoms with E-state index >= 15 is 0 Å². The van der Waals surface area contributed by atoms with Crippen molar-refractivity contribution >= 4 is 11.7 Å². The van der Waals surface area contributed by atoms with Crippen molar-refractivity contribution in [2.24, 2.45) is 0 Å². The highest BCUT2D eigenvalue weighted by molar-refractivity contribution is 5.74. The van der Waals surface area contributed by atoms with Crippen molar-refractivity contribution in [3.63, 3.8) is 0 Å². The monoisotopic (exact) mass is 350 g/mol. The van der Waals surface area contributed by atoms with Crippen LogP contribution in [0, 0.1) is 0 Å². The summed E-state index contributed by atoms with van der Waals surface area (Å²) >= 11 is 0. The molecule has 2 N–H and O–H groups in total. The fraction of sp³-hybridized carbons (Fsp3) is 0.294. The van der Waals surface area contributed by atoms with Crippen molar-refractivity contribution < 1.29 is 4.79 Å². The molecule has 1 aliphatic rings. The topological polar surface area (TPSA) is 113 Å². The predicted molar refractivity (Wildman–Crippen MR) is 93.8 cm³/mol. The Morgan fingerprint density at radius 2 is 2.31 bits per heavy atom. The Hall–Kier alpha value is -3.36. The number of amides is 1. The number of aromatic amines is 1. The molecule has 0 fully saturated rings. The number of fused-ring (bicyclic) bond motifs is 1. The third-order valence-corrected chi connectivity index (χ3v) is 4.32. The largest absolute Gasteiger partial charge is 0.362 e. The van der Waals surface area contributed by atoms with Gasteiger partial charge in [0.05, 0.1) is 18.8 Å². The van der Waals surface area contributed by atoms with Crippen LogP contribution >= 0.6 is 0 Å². The molecule has 0 radical (unpaired) electrons. The number of aromatic nitrogens is 6. The van der Waals surface area contributed by atoms with E-state index in [1.54, 1.807) is 24.2 Å². The smallest absolute Gasteiger partial charge is 0.219 e. The van der Waals surface area contributed by atoms with E-state index in [1.807, 2.05) is 12.1 Å². The van der Waals surface area contributed by atoms with Gasteiger partial charge in [0, 0.05) is 37.0 Å². The number of hydrogen-bond donors (Lipinski definition) is 2. The first kappa shape index (κ1) is 16.1. The summed E-state index contributed by atoms with van der Waals surface area (Å²) in [5.41, 5.74) is 2.73. The maximum atomic E-state index is 11.8. The summed E-state index contributed by atoms with van der Waals surface area (Å²) in [7, 11) is 0. The van der Waals surface area contributed by atoms with Gasteiger partial charge in [-0.05, 0) is 18.6 Å². The highest BCUT2D eigenvalue weighted by Gasteiger charge is 2.24. The van der Waals surface area contributed by atoms with Gasteiger partial charge in [0.1, 0.15) is 18.0 Å². The molecule has 1 aliphatic heterocycles. The molecule has 3 aromatic rings. The number of nitrogens with one attached hydrogen (secondary N) is 2. The lowest BCUT2D eigenvalue weighted by Crippen LogP contribution is -2.35. The molecule has 1 amide bonds. The molecule has 4 rings (SSSR count). The first-order chi connectivity index (χ1) is 12.7. The molecule has 0 saturated carbocycles. The van der Waals surface area contributed by atoms with Crippen LogP contribution in [-0.2, 0) is 24.3 Å². The lowest BCUT2D eigenvalue weighted by Gasteiger charge is -2.28. The van der Waals surface area contributed by atoms with Crippen molar-refractivity contribution in [2.75, 3.05) is 11.9 Å². The average molecular weight is 350 g/mol. The third-order valence-electron chi connectivity index (χ3n) is 4.32. The normalized spacial score (nSPS) is 13.3. The molecule has 26 heavy (non-hydrogen) atoms. The Morgan fingerprint density at radius 1 is 1.38 bits per heavy atom. The summed E-state index contributed by atoms with van der Waals surface area (Å²) in [5, 5.41) is 10.0. The van der Waals surface area contributed by atoms with E-state index in [9.17, 15) is 4.79 Å². The second-order valence-corrected chi connectivity index (χ2v) is 6.04. The Kier molecular flexibility index (Phi) is 4.26. The first-order valence-electron chi connectivity index (χ1n) is 8.34. The highest BCUT2D eigenvalue weighted by Crippen LogP contribution is 2.27. The number of rotatable bonds is 4. The second kappa shape index (κ2) is 6.87. The number of carbonyl (C=O) groups is 1. The van der Waals surface area contributed by atoms with Crippen molar-refractivity contribution in [1.82, 2.24) is 35.0 Å². The van der Waals surface area contributed by atoms with Crippen LogP contribution in [0.1, 0.15) is 24.0 Å². The van der Waals surface area contributed by atoms with Crippen molar-refractivity contribution in [3.05, 3.63) is 47.9 Å². The van der Waals surface area contributed by atoms with Crippen LogP contribution in [0.3, 0.4) is 0 Å². The van der Waals surface area contributed by atoms with Crippen molar-refractivity contribution in [2.45, 2.75) is 26.4 Å². The molecule has 0 aromatic carbocycles. The van der Waals surface area contributed by atoms with E-state index in [1.165, 1.54) is 6.33 Å². The van der Waals surface area contributed by atoms with E-state index in [2.05, 4.69) is 25.5 Å². The number of pyridine rings is 1. The van der Waals surface area contributed by atoms with Gasteiger partial charge in [-0.3, -0.25) is 14.9 Å². The van der Waals surface area contributed by atoms with Crippen LogP contribution in [0.25, 0.3) is 11.4 Å². The van der Waals surface area contributed by atoms with Gasteiger partial charge < -0.3 is 10.2 Å². The summed E-state index contributed by atoms with van der Waals surface area (Å²) in [6, 6.07) is 3.77. The molecule has 3 aromatic heterocycles. The zero-order chi connectivity index (χ0) is 17.9. The van der Waals surface area contributed by atoms with Gasteiger partial charge in [0.2, 0.25) is 5.91 Å². The van der Waals surface area contributed by atoms with E-state index in [0.29, 0.717) is 31.9 Å². The van der Waals surface area contributed by atoms with E-state index in [-0.39, 0.29) is 5.91 Å². The SMILES string of the molecule is CC(=O)N1CCc2c(nc(-c3cccnc3)nc2NCc2ncn[nH]2)C1. The number of H-pyrrole nitrogens is 1. The maximum absolute atomic E-state index is 11.8. The zero-order valence-corrected chi connectivity index (χ0v) is 14.3. The molecule has 0 atom stereocenters. The Balaban J connectivity index is 1.71. The van der Waals surface area contributed by atoms with Crippen LogP contribution in [-0.4, -0.2) is 47.5 Å². The lowest BCUT2D eigenvalue weighted by molar-refractivity contribution is -0.129. The first-order valence-corrected chi connectivity index (χ1v) is 8.34. The maximum Gasteiger partial charge on any atom is 0.219 e. The fourth-order valence-electron chi connectivity index (χ4n) is 2.95. The van der Waals surface area contributed by atoms with Gasteiger partial charge >= 0.3 is 0 Å². The highest BCUT2D eigenvalue weighted by atomic mass is 16.2. The minimum absolute atomic E-state index is 0.0494. The molecule has 0 aliphatic carbocycles. The second-order valence-electron chi connectivity index (χ2n) is 6.04. The van der Waals surface area contributed by atoms with Crippen LogP contribution < -0.4 is 5.32 Å². The molecule has 4 heterocycles. The number of hydrogen-bond acceptors (Lipinski definition) is 7. The fourth-order valence-corrected chi connectivity index (χ4v) is 2.95. The molecule has 9 heteroatoms. The summed E-state index contributed by atoms with van der Waals surface area (Å²) in [6.45, 7) is 3.20. The minimum Gasteiger partial charge on any atom is -0.362 e. The van der Waals surface area contributed by atoms with E-state index in [4.69, 9.17) is 9.97 Å². The molecule has 0 unspecified atom stereocenters. The number of carbonyl (C=O) groups excluding carboxylic acids is 1. The zero-order valence-electron chi connectivity index (χ0n) is 14.3. The van der Waals surface area contributed by atoms with Crippen LogP contribution in [0.2, 0.25) is 0 Å². The molecular formula is C17H18N8O. The van der Waals surface area contributed by atoms with Gasteiger partial charge in [0.25, 0.3) is 0 Å². The van der Waals surface area contributed by atoms with Gasteiger partial charge in [-0.2, -0.15) is 5.10 Å². The van der Waals surface area contributed by atoms with Gasteiger partial charge in [-0.1, -0.05) is 0 Å². The summed E-state index contributed by atoms with van der Waals surface area (Å²) in [4.78, 5) is 31.2. The van der Waals surface area contributed by atoms with Gasteiger partial charge in [-0.25, -0.2) is 15.0 Å². The van der Waals surface area contributed by atoms with Crippen molar-refractivity contribution in [1.29, 1.82) is 0 Å². The molecular weight excluding hydrogens is 332 g/mol. The van der Waals surface area contributed by atoms with Gasteiger partial charge in [0.15, 0.2) is 5.82 Å². The number of nitrogens with zero attached hydrogens (tertiary/aromatic N) is 6.